The van der Waals surface area contributed by atoms with Gasteiger partial charge in [0.25, 0.3) is 5.69 Å². The van der Waals surface area contributed by atoms with E-state index >= 15 is 0 Å². The van der Waals surface area contributed by atoms with Crippen molar-refractivity contribution in [2.45, 2.75) is 13.3 Å². The minimum absolute atomic E-state index is 0.135. The molecule has 9 heteroatoms. The molecular formula is C18H12F3N3O3. The monoisotopic (exact) mass is 375 g/mol. The van der Waals surface area contributed by atoms with Crippen molar-refractivity contribution in [3.63, 3.8) is 0 Å². The predicted molar refractivity (Wildman–Crippen MR) is 91.0 cm³/mol. The number of benzene rings is 2. The van der Waals surface area contributed by atoms with Crippen LogP contribution in [0, 0.1) is 17.0 Å². The lowest BCUT2D eigenvalue weighted by Gasteiger charge is -2.15. The third-order valence-corrected chi connectivity index (χ3v) is 3.67. The molecule has 0 spiro atoms. The lowest BCUT2D eigenvalue weighted by atomic mass is 9.96. The molecule has 0 amide bonds. The highest BCUT2D eigenvalue weighted by Crippen LogP contribution is 2.40. The van der Waals surface area contributed by atoms with Gasteiger partial charge in [-0.2, -0.15) is 0 Å². The van der Waals surface area contributed by atoms with Crippen LogP contribution in [0.2, 0.25) is 0 Å². The van der Waals surface area contributed by atoms with E-state index < -0.39 is 17.0 Å². The van der Waals surface area contributed by atoms with Crippen LogP contribution in [0.1, 0.15) is 5.82 Å². The maximum atomic E-state index is 12.8. The molecule has 0 aliphatic carbocycles. The van der Waals surface area contributed by atoms with Crippen LogP contribution in [0.15, 0.2) is 54.7 Å². The first-order chi connectivity index (χ1) is 12.7. The minimum atomic E-state index is -4.87. The van der Waals surface area contributed by atoms with Crippen molar-refractivity contribution in [2.24, 2.45) is 0 Å². The topological polar surface area (TPSA) is 78.2 Å². The molecule has 0 aliphatic rings. The average Bonchev–Trinajstić information content (AvgIpc) is 2.60. The van der Waals surface area contributed by atoms with E-state index in [1.165, 1.54) is 48.7 Å². The Morgan fingerprint density at radius 3 is 2.44 bits per heavy atom. The second-order valence-corrected chi connectivity index (χ2v) is 5.52. The molecular weight excluding hydrogens is 363 g/mol. The molecule has 0 saturated heterocycles. The van der Waals surface area contributed by atoms with Crippen LogP contribution < -0.4 is 4.74 Å². The molecule has 3 aromatic rings. The zero-order valence-corrected chi connectivity index (χ0v) is 13.9. The van der Waals surface area contributed by atoms with E-state index in [9.17, 15) is 23.3 Å². The van der Waals surface area contributed by atoms with Crippen LogP contribution in [-0.4, -0.2) is 21.3 Å². The highest BCUT2D eigenvalue weighted by Gasteiger charge is 2.32. The van der Waals surface area contributed by atoms with Crippen LogP contribution in [0.5, 0.6) is 5.75 Å². The van der Waals surface area contributed by atoms with Gasteiger partial charge in [0.15, 0.2) is 0 Å². The Morgan fingerprint density at radius 2 is 1.78 bits per heavy atom. The minimum Gasteiger partial charge on any atom is -0.405 e. The van der Waals surface area contributed by atoms with Gasteiger partial charge in [-0.05, 0) is 30.7 Å². The van der Waals surface area contributed by atoms with Gasteiger partial charge in [-0.25, -0.2) is 9.97 Å². The molecule has 0 radical (unpaired) electrons. The van der Waals surface area contributed by atoms with E-state index in [1.807, 2.05) is 0 Å². The van der Waals surface area contributed by atoms with E-state index in [4.69, 9.17) is 0 Å². The largest absolute Gasteiger partial charge is 0.573 e. The predicted octanol–water partition coefficient (Wildman–Crippen LogP) is 4.93. The summed E-state index contributed by atoms with van der Waals surface area (Å²) in [5, 5.41) is 11.2. The molecule has 138 valence electrons. The van der Waals surface area contributed by atoms with Crippen molar-refractivity contribution in [1.29, 1.82) is 0 Å². The lowest BCUT2D eigenvalue weighted by Crippen LogP contribution is -2.17. The molecule has 1 heterocycles. The normalized spacial score (nSPS) is 11.3. The van der Waals surface area contributed by atoms with E-state index in [1.54, 1.807) is 13.0 Å². The molecule has 6 nitrogen and oxygen atoms in total. The number of nitrogens with zero attached hydrogens (tertiary/aromatic N) is 3. The zero-order valence-electron chi connectivity index (χ0n) is 13.9. The van der Waals surface area contributed by atoms with Gasteiger partial charge in [0.1, 0.15) is 11.6 Å². The van der Waals surface area contributed by atoms with Crippen molar-refractivity contribution < 1.29 is 22.8 Å². The lowest BCUT2D eigenvalue weighted by molar-refractivity contribution is -0.384. The van der Waals surface area contributed by atoms with Gasteiger partial charge in [-0.15, -0.1) is 13.2 Å². The fraction of sp³-hybridized carbons (Fsp3) is 0.111. The molecule has 0 atom stereocenters. The third-order valence-electron chi connectivity index (χ3n) is 3.67. The molecule has 0 aliphatic heterocycles. The number of hydrogen-bond acceptors (Lipinski definition) is 5. The number of rotatable bonds is 4. The highest BCUT2D eigenvalue weighted by atomic mass is 19.4. The molecule has 2 aromatic carbocycles. The van der Waals surface area contributed by atoms with Crippen molar-refractivity contribution in [1.82, 2.24) is 9.97 Å². The van der Waals surface area contributed by atoms with E-state index in [0.29, 0.717) is 22.6 Å². The van der Waals surface area contributed by atoms with Crippen LogP contribution in [-0.2, 0) is 0 Å². The Bertz CT molecular complexity index is 1010. The van der Waals surface area contributed by atoms with E-state index in [2.05, 4.69) is 14.7 Å². The molecule has 0 unspecified atom stereocenters. The first-order valence-electron chi connectivity index (χ1n) is 7.68. The summed E-state index contributed by atoms with van der Waals surface area (Å²) in [6.45, 7) is 1.64. The van der Waals surface area contributed by atoms with Crippen LogP contribution in [0.25, 0.3) is 22.4 Å². The average molecular weight is 375 g/mol. The van der Waals surface area contributed by atoms with Gasteiger partial charge >= 0.3 is 6.36 Å². The smallest absolute Gasteiger partial charge is 0.405 e. The van der Waals surface area contributed by atoms with Gasteiger partial charge in [0, 0.05) is 29.5 Å². The Morgan fingerprint density at radius 1 is 1.04 bits per heavy atom. The standard InChI is InChI=1S/C18H12F3N3O3/c1-11-22-9-8-16(23-11)15-10-12(24(25)26)6-7-13(15)14-4-2-3-5-17(14)27-18(19,20)21/h2-10H,1H3. The Labute approximate surface area is 151 Å². The molecule has 0 bridgehead atoms. The van der Waals surface area contributed by atoms with Crippen molar-refractivity contribution in [2.75, 3.05) is 0 Å². The summed E-state index contributed by atoms with van der Waals surface area (Å²) in [5.74, 6) is 0.00987. The maximum Gasteiger partial charge on any atom is 0.573 e. The molecule has 0 N–H and O–H groups in total. The maximum absolute atomic E-state index is 12.8. The number of aromatic nitrogens is 2. The first-order valence-corrected chi connectivity index (χ1v) is 7.68. The SMILES string of the molecule is Cc1nccc(-c2cc([N+](=O)[O-])ccc2-c2ccccc2OC(F)(F)F)n1. The van der Waals surface area contributed by atoms with Gasteiger partial charge in [-0.3, -0.25) is 10.1 Å². The van der Waals surface area contributed by atoms with Gasteiger partial charge in [-0.1, -0.05) is 18.2 Å². The van der Waals surface area contributed by atoms with Crippen LogP contribution in [0.4, 0.5) is 18.9 Å². The second-order valence-electron chi connectivity index (χ2n) is 5.52. The molecule has 3 rings (SSSR count). The summed E-state index contributed by atoms with van der Waals surface area (Å²) in [5.41, 5.74) is 0.893. The quantitative estimate of drug-likeness (QED) is 0.477. The number of halogens is 3. The number of ether oxygens (including phenoxy) is 1. The summed E-state index contributed by atoms with van der Waals surface area (Å²) in [6.07, 6.45) is -3.40. The summed E-state index contributed by atoms with van der Waals surface area (Å²) in [4.78, 5) is 18.8. The number of nitro benzene ring substituents is 1. The summed E-state index contributed by atoms with van der Waals surface area (Å²) in [6, 6.07) is 11.0. The van der Waals surface area contributed by atoms with Gasteiger partial charge in [0.2, 0.25) is 0 Å². The van der Waals surface area contributed by atoms with Crippen molar-refractivity contribution in [3.8, 4) is 28.1 Å². The summed E-state index contributed by atoms with van der Waals surface area (Å²) in [7, 11) is 0. The molecule has 0 fully saturated rings. The molecule has 27 heavy (non-hydrogen) atoms. The van der Waals surface area contributed by atoms with Gasteiger partial charge in [0.05, 0.1) is 10.6 Å². The van der Waals surface area contributed by atoms with Crippen molar-refractivity contribution >= 4 is 5.69 Å². The fourth-order valence-corrected chi connectivity index (χ4v) is 2.60. The van der Waals surface area contributed by atoms with Crippen LogP contribution >= 0.6 is 0 Å². The fourth-order valence-electron chi connectivity index (χ4n) is 2.60. The number of nitro groups is 1. The van der Waals surface area contributed by atoms with Crippen LogP contribution in [0.3, 0.4) is 0 Å². The van der Waals surface area contributed by atoms with E-state index in [-0.39, 0.29) is 11.3 Å². The Hall–Kier alpha value is -3.49. The Kier molecular flexibility index (Phi) is 4.76. The second kappa shape index (κ2) is 7.02. The third kappa shape index (κ3) is 4.20. The first kappa shape index (κ1) is 18.3. The molecule has 0 saturated carbocycles. The number of alkyl halides is 3. The Balaban J connectivity index is 2.24. The summed E-state index contributed by atoms with van der Waals surface area (Å²) >= 11 is 0. The molecule has 1 aromatic heterocycles. The number of hydrogen-bond donors (Lipinski definition) is 0. The summed E-state index contributed by atoms with van der Waals surface area (Å²) < 4.78 is 42.4. The van der Waals surface area contributed by atoms with Crippen molar-refractivity contribution in [3.05, 3.63) is 70.7 Å². The highest BCUT2D eigenvalue weighted by molar-refractivity contribution is 5.86. The van der Waals surface area contributed by atoms with E-state index in [0.717, 1.165) is 0 Å². The zero-order chi connectivity index (χ0) is 19.6. The number of non-ortho nitro benzene ring substituents is 1. The number of aryl methyl sites for hydroxylation is 1. The number of para-hydroxylation sites is 1. The van der Waals surface area contributed by atoms with Gasteiger partial charge < -0.3 is 4.74 Å².